The average Bonchev–Trinajstić information content (AvgIpc) is 3.78. The van der Waals surface area contributed by atoms with Crippen molar-refractivity contribution in [3.63, 3.8) is 0 Å². The largest absolute Gasteiger partial charge is 0.391 e. The van der Waals surface area contributed by atoms with Crippen LogP contribution in [0.2, 0.25) is 0 Å². The van der Waals surface area contributed by atoms with Crippen LogP contribution in [0.5, 0.6) is 0 Å². The molecule has 77 heavy (non-hydrogen) atoms. The number of carbonyl (C=O) groups excluding carboxylic acids is 10. The van der Waals surface area contributed by atoms with E-state index in [1.165, 1.54) is 20.8 Å². The normalized spacial score (nSPS) is 15.7. The Morgan fingerprint density at radius 3 is 1.64 bits per heavy atom. The van der Waals surface area contributed by atoms with Gasteiger partial charge in [0.05, 0.1) is 18.8 Å². The van der Waals surface area contributed by atoms with E-state index in [9.17, 15) is 58.2 Å². The third-order valence-electron chi connectivity index (χ3n) is 12.4. The summed E-state index contributed by atoms with van der Waals surface area (Å²) in [5, 5.41) is 44.3. The van der Waals surface area contributed by atoms with Gasteiger partial charge in [0.25, 0.3) is 0 Å². The van der Waals surface area contributed by atoms with Gasteiger partial charge in [-0.3, -0.25) is 47.9 Å². The molecule has 0 aliphatic heterocycles. The maximum atomic E-state index is 14.0. The quantitative estimate of drug-likeness (QED) is 0.0232. The molecule has 0 bridgehead atoms. The van der Waals surface area contributed by atoms with Crippen LogP contribution in [0.1, 0.15) is 99.0 Å². The van der Waals surface area contributed by atoms with Crippen LogP contribution < -0.4 is 70.8 Å². The number of para-hydroxylation sites is 1. The molecule has 0 saturated heterocycles. The van der Waals surface area contributed by atoms with Crippen molar-refractivity contribution < 1.29 is 58.2 Å². The summed E-state index contributed by atoms with van der Waals surface area (Å²) >= 11 is 4.05. The van der Waals surface area contributed by atoms with Gasteiger partial charge in [-0.2, -0.15) is 12.6 Å². The van der Waals surface area contributed by atoms with Crippen LogP contribution in [0.15, 0.2) is 30.5 Å². The Bertz CT molecular complexity index is 2300. The van der Waals surface area contributed by atoms with Gasteiger partial charge in [-0.15, -0.1) is 0 Å². The van der Waals surface area contributed by atoms with E-state index in [0.717, 1.165) is 10.9 Å². The van der Waals surface area contributed by atoms with Gasteiger partial charge >= 0.3 is 0 Å². The van der Waals surface area contributed by atoms with Gasteiger partial charge in [0.2, 0.25) is 59.1 Å². The molecule has 432 valence electrons. The van der Waals surface area contributed by atoms with Crippen molar-refractivity contribution >= 4 is 82.6 Å². The maximum Gasteiger partial charge on any atom is 0.245 e. The Hall–Kier alpha value is -6.39. The summed E-state index contributed by atoms with van der Waals surface area (Å²) < 4.78 is 0. The van der Waals surface area contributed by atoms with Crippen LogP contribution in [0.4, 0.5) is 0 Å². The number of unbranched alkanes of at least 4 members (excludes halogenated alkanes) is 2. The van der Waals surface area contributed by atoms with Crippen molar-refractivity contribution in [3.8, 4) is 0 Å². The molecule has 0 aliphatic rings. The number of thiol groups is 1. The van der Waals surface area contributed by atoms with Crippen molar-refractivity contribution in [1.82, 2.24) is 52.8 Å². The highest BCUT2D eigenvalue weighted by Crippen LogP contribution is 2.20. The van der Waals surface area contributed by atoms with E-state index >= 15 is 0 Å². The highest BCUT2D eigenvalue weighted by Gasteiger charge is 2.35. The number of aromatic amines is 1. The number of carbonyl (C=O) groups is 10. The standard InChI is InChI=1S/C50H84N14O12S/c1-25(2)20-35(46(72)62-37(24-77)42(54)68)60-43(69)27(5)57-44(70)33(16-10-12-18-51)58-45(71)34(17-11-13-19-52)59-50(76)41(29(7)66)63-38(67)23-56-49(75)40(26(3)4)64-47(73)36(61-48(74)39(53)28(6)65)21-30-22-55-32-15-9-8-14-31(30)32/h8-9,14-15,22,25-29,33-37,39-41,55,65-66,77H,10-13,16-21,23-24,51-53H2,1-7H3,(H2,54,68)(H,56,75)(H,57,70)(H,58,71)(H,59,76)(H,60,69)(H,61,74)(H,62,72)(H,63,67)(H,64,73)/t27-,28+,29+,33-,34-,35-,36-,37-,39-,40-,41-/m0/s1. The maximum absolute atomic E-state index is 14.0. The molecule has 0 spiro atoms. The van der Waals surface area contributed by atoms with Gasteiger partial charge in [0.15, 0.2) is 0 Å². The lowest BCUT2D eigenvalue weighted by Crippen LogP contribution is -2.61. The number of fused-ring (bicyclic) bond motifs is 1. The number of amides is 10. The minimum Gasteiger partial charge on any atom is -0.391 e. The number of hydrogen-bond acceptors (Lipinski definition) is 16. The monoisotopic (exact) mass is 1100 g/mol. The number of aromatic nitrogens is 1. The van der Waals surface area contributed by atoms with Crippen LogP contribution in [0.25, 0.3) is 10.9 Å². The minimum atomic E-state index is -1.67. The summed E-state index contributed by atoms with van der Waals surface area (Å²) in [4.78, 5) is 137. The van der Waals surface area contributed by atoms with Crippen LogP contribution in [0.3, 0.4) is 0 Å². The number of primary amides is 1. The minimum absolute atomic E-state index is 0.00633. The van der Waals surface area contributed by atoms with E-state index in [2.05, 4.69) is 65.5 Å². The van der Waals surface area contributed by atoms with Crippen LogP contribution in [0, 0.1) is 11.8 Å². The lowest BCUT2D eigenvalue weighted by Gasteiger charge is -2.28. The second-order valence-electron chi connectivity index (χ2n) is 19.9. The van der Waals surface area contributed by atoms with Gasteiger partial charge in [-0.1, -0.05) is 45.9 Å². The molecule has 11 atom stereocenters. The third-order valence-corrected chi connectivity index (χ3v) is 12.8. The molecule has 1 aromatic heterocycles. The molecule has 0 saturated carbocycles. The SMILES string of the molecule is CC(C)C[C@H](NC(=O)[C@H](C)NC(=O)[C@H](CCCCN)NC(=O)[C@H](CCCCN)NC(=O)[C@@H](NC(=O)CNC(=O)[C@@H](NC(=O)[C@H](Cc1c[nH]c2ccccc12)NC(=O)[C@@H](N)[C@@H](C)O)C(C)C)[C@@H](C)O)C(=O)N[C@@H](CS)C(N)=O. The zero-order chi connectivity index (χ0) is 58.1. The number of aliphatic hydroxyl groups is 2. The number of hydrogen-bond donors (Lipinski definition) is 17. The first kappa shape index (κ1) is 66.7. The van der Waals surface area contributed by atoms with E-state index in [0.29, 0.717) is 31.2 Å². The molecule has 1 aromatic carbocycles. The average molecular weight is 1110 g/mol. The molecule has 0 radical (unpaired) electrons. The Morgan fingerprint density at radius 1 is 0.584 bits per heavy atom. The van der Waals surface area contributed by atoms with Gasteiger partial charge in [0.1, 0.15) is 54.4 Å². The molecular formula is C50H84N14O12S. The lowest BCUT2D eigenvalue weighted by molar-refractivity contribution is -0.136. The fraction of sp³-hybridized carbons (Fsp3) is 0.640. The van der Waals surface area contributed by atoms with Crippen molar-refractivity contribution in [2.45, 2.75) is 166 Å². The summed E-state index contributed by atoms with van der Waals surface area (Å²) in [7, 11) is 0. The van der Waals surface area contributed by atoms with Gasteiger partial charge in [-0.05, 0) is 102 Å². The van der Waals surface area contributed by atoms with E-state index in [1.807, 2.05) is 32.0 Å². The van der Waals surface area contributed by atoms with Crippen molar-refractivity contribution in [2.75, 3.05) is 25.4 Å². The summed E-state index contributed by atoms with van der Waals surface area (Å²) in [6, 6.07) is -4.32. The molecule has 0 fully saturated rings. The summed E-state index contributed by atoms with van der Waals surface area (Å²) in [5.41, 5.74) is 24.1. The van der Waals surface area contributed by atoms with Gasteiger partial charge < -0.3 is 86.0 Å². The van der Waals surface area contributed by atoms with E-state index in [1.54, 1.807) is 26.1 Å². The topological polar surface area (TPSA) is 439 Å². The highest BCUT2D eigenvalue weighted by atomic mass is 32.1. The molecule has 1 heterocycles. The first-order valence-electron chi connectivity index (χ1n) is 25.9. The Morgan fingerprint density at radius 2 is 1.10 bits per heavy atom. The Kier molecular flexibility index (Phi) is 29.2. The number of nitrogens with one attached hydrogen (secondary N) is 10. The number of H-pyrrole nitrogens is 1. The van der Waals surface area contributed by atoms with E-state index in [-0.39, 0.29) is 50.4 Å². The number of rotatable bonds is 35. The van der Waals surface area contributed by atoms with Crippen LogP contribution in [-0.4, -0.2) is 166 Å². The van der Waals surface area contributed by atoms with E-state index < -0.39 is 138 Å². The van der Waals surface area contributed by atoms with Crippen molar-refractivity contribution in [2.24, 2.45) is 34.8 Å². The summed E-state index contributed by atoms with van der Waals surface area (Å²) in [5.74, 6) is -8.90. The number of benzene rings is 1. The Balaban J connectivity index is 2.23. The fourth-order valence-electron chi connectivity index (χ4n) is 7.83. The molecule has 0 unspecified atom stereocenters. The Labute approximate surface area is 454 Å². The molecule has 0 aliphatic carbocycles. The predicted octanol–water partition coefficient (Wildman–Crippen LogP) is -3.81. The molecular weight excluding hydrogens is 1020 g/mol. The van der Waals surface area contributed by atoms with Crippen molar-refractivity contribution in [3.05, 3.63) is 36.0 Å². The van der Waals surface area contributed by atoms with Crippen LogP contribution >= 0.6 is 12.6 Å². The van der Waals surface area contributed by atoms with Crippen LogP contribution in [-0.2, 0) is 54.4 Å². The van der Waals surface area contributed by atoms with Crippen molar-refractivity contribution in [1.29, 1.82) is 0 Å². The first-order valence-corrected chi connectivity index (χ1v) is 26.6. The smallest absolute Gasteiger partial charge is 0.245 e. The summed E-state index contributed by atoms with van der Waals surface area (Å²) in [6.45, 7) is 10.6. The second-order valence-corrected chi connectivity index (χ2v) is 20.2. The second kappa shape index (κ2) is 33.7. The fourth-order valence-corrected chi connectivity index (χ4v) is 8.10. The zero-order valence-electron chi connectivity index (χ0n) is 45.1. The van der Waals surface area contributed by atoms with E-state index in [4.69, 9.17) is 22.9 Å². The molecule has 26 nitrogen and oxygen atoms in total. The molecule has 2 aromatic rings. The third kappa shape index (κ3) is 22.6. The molecule has 2 rings (SSSR count). The number of aliphatic hydroxyl groups excluding tert-OH is 2. The van der Waals surface area contributed by atoms with Gasteiger partial charge in [-0.25, -0.2) is 0 Å². The van der Waals surface area contributed by atoms with Gasteiger partial charge in [0, 0.05) is 29.3 Å². The molecule has 20 N–H and O–H groups in total. The molecule has 10 amide bonds. The lowest BCUT2D eigenvalue weighted by atomic mass is 10.00. The molecule has 27 heteroatoms. The zero-order valence-corrected chi connectivity index (χ0v) is 46.0. The summed E-state index contributed by atoms with van der Waals surface area (Å²) in [6.07, 6.45) is 0.687. The predicted molar refractivity (Wildman–Crippen MR) is 291 cm³/mol. The number of nitrogens with two attached hydrogens (primary N) is 4. The highest BCUT2D eigenvalue weighted by molar-refractivity contribution is 7.80. The first-order chi connectivity index (χ1) is 36.3.